The minimum atomic E-state index is 0.00707. The zero-order valence-electron chi connectivity index (χ0n) is 16.1. The topological polar surface area (TPSA) is 76.7 Å². The maximum absolute atomic E-state index is 11.2. The molecular formula is C23H18ClN3O3. The molecule has 0 aliphatic carbocycles. The maximum Gasteiger partial charge on any atom is 0.239 e. The Morgan fingerprint density at radius 2 is 1.73 bits per heavy atom. The van der Waals surface area contributed by atoms with Gasteiger partial charge in [0.05, 0.1) is 25.0 Å². The van der Waals surface area contributed by atoms with Crippen LogP contribution in [0.4, 0.5) is 5.82 Å². The minimum absolute atomic E-state index is 0.00707. The summed E-state index contributed by atoms with van der Waals surface area (Å²) in [6, 6.07) is 22.0. The Hall–Kier alpha value is -3.64. The fourth-order valence-electron chi connectivity index (χ4n) is 3.38. The van der Waals surface area contributed by atoms with E-state index in [-0.39, 0.29) is 11.6 Å². The van der Waals surface area contributed by atoms with Gasteiger partial charge in [0.25, 0.3) is 0 Å². The Balaban J connectivity index is 1.85. The number of ether oxygens (including phenoxy) is 1. The van der Waals surface area contributed by atoms with E-state index < -0.39 is 0 Å². The van der Waals surface area contributed by atoms with Gasteiger partial charge >= 0.3 is 0 Å². The van der Waals surface area contributed by atoms with Crippen molar-refractivity contribution >= 4 is 17.4 Å². The van der Waals surface area contributed by atoms with Gasteiger partial charge in [-0.3, -0.25) is 0 Å². The third-order valence-electron chi connectivity index (χ3n) is 4.82. The van der Waals surface area contributed by atoms with Gasteiger partial charge < -0.3 is 14.4 Å². The zero-order chi connectivity index (χ0) is 21.1. The van der Waals surface area contributed by atoms with E-state index >= 15 is 0 Å². The van der Waals surface area contributed by atoms with Crippen molar-refractivity contribution < 1.29 is 9.84 Å². The van der Waals surface area contributed by atoms with Crippen molar-refractivity contribution in [3.05, 3.63) is 88.4 Å². The molecule has 0 radical (unpaired) electrons. The number of aromatic hydroxyl groups is 1. The van der Waals surface area contributed by atoms with Crippen LogP contribution in [0.1, 0.15) is 5.69 Å². The molecule has 0 amide bonds. The molecule has 0 saturated heterocycles. The maximum atomic E-state index is 11.2. The van der Waals surface area contributed by atoms with Crippen molar-refractivity contribution in [1.82, 2.24) is 9.55 Å². The number of rotatable bonds is 6. The second kappa shape index (κ2) is 8.39. The summed E-state index contributed by atoms with van der Waals surface area (Å²) in [6.07, 6.45) is 0. The lowest BCUT2D eigenvalue weighted by Crippen LogP contribution is -2.06. The molecule has 0 bridgehead atoms. The van der Waals surface area contributed by atoms with Gasteiger partial charge in [0.1, 0.15) is 5.75 Å². The molecule has 6 nitrogen and oxygen atoms in total. The van der Waals surface area contributed by atoms with E-state index in [0.29, 0.717) is 23.0 Å². The standard InChI is InChI=1S/C23H18ClN3O3/c1-30-22-13-8-16(25-23(22)26-29)14-27-20(15-6-9-17(28)10-7-15)11-12-21(27)18-4-2-3-5-19(18)24/h2-13,28H,14H2,1H3. The van der Waals surface area contributed by atoms with Crippen molar-refractivity contribution in [2.45, 2.75) is 6.54 Å². The largest absolute Gasteiger partial charge is 0.508 e. The molecule has 1 N–H and O–H groups in total. The first kappa shape index (κ1) is 19.7. The number of benzene rings is 2. The number of halogens is 1. The Bertz CT molecular complexity index is 1200. The van der Waals surface area contributed by atoms with Gasteiger partial charge in [0.2, 0.25) is 5.82 Å². The van der Waals surface area contributed by atoms with E-state index in [0.717, 1.165) is 22.5 Å². The molecular weight excluding hydrogens is 402 g/mol. The van der Waals surface area contributed by atoms with E-state index in [1.54, 1.807) is 24.3 Å². The molecule has 2 aromatic heterocycles. The number of hydrogen-bond acceptors (Lipinski definition) is 5. The van der Waals surface area contributed by atoms with Crippen LogP contribution in [0, 0.1) is 4.91 Å². The molecule has 0 spiro atoms. The highest BCUT2D eigenvalue weighted by Gasteiger charge is 2.16. The molecule has 0 aliphatic rings. The van der Waals surface area contributed by atoms with Crippen molar-refractivity contribution in [2.24, 2.45) is 5.18 Å². The van der Waals surface area contributed by atoms with Crippen LogP contribution in [0.25, 0.3) is 22.5 Å². The smallest absolute Gasteiger partial charge is 0.239 e. The summed E-state index contributed by atoms with van der Waals surface area (Å²) < 4.78 is 7.20. The molecule has 0 atom stereocenters. The van der Waals surface area contributed by atoms with Gasteiger partial charge in [-0.15, -0.1) is 4.91 Å². The molecule has 7 heteroatoms. The van der Waals surface area contributed by atoms with Gasteiger partial charge in [0.15, 0.2) is 5.75 Å². The molecule has 4 rings (SSSR count). The Morgan fingerprint density at radius 3 is 2.43 bits per heavy atom. The van der Waals surface area contributed by atoms with Crippen LogP contribution in [0.5, 0.6) is 11.5 Å². The van der Waals surface area contributed by atoms with Gasteiger partial charge in [-0.2, -0.15) is 0 Å². The Kier molecular flexibility index (Phi) is 5.50. The van der Waals surface area contributed by atoms with E-state index in [1.807, 2.05) is 48.5 Å². The zero-order valence-corrected chi connectivity index (χ0v) is 16.9. The number of aromatic nitrogens is 2. The van der Waals surface area contributed by atoms with Crippen LogP contribution < -0.4 is 4.74 Å². The molecule has 0 fully saturated rings. The van der Waals surface area contributed by atoms with Crippen molar-refractivity contribution in [3.63, 3.8) is 0 Å². The first-order valence-electron chi connectivity index (χ1n) is 9.22. The van der Waals surface area contributed by atoms with Crippen molar-refractivity contribution in [3.8, 4) is 34.0 Å². The lowest BCUT2D eigenvalue weighted by molar-refractivity contribution is 0.414. The molecule has 2 heterocycles. The molecule has 30 heavy (non-hydrogen) atoms. The van der Waals surface area contributed by atoms with Crippen molar-refractivity contribution in [1.29, 1.82) is 0 Å². The highest BCUT2D eigenvalue weighted by molar-refractivity contribution is 6.33. The van der Waals surface area contributed by atoms with Crippen LogP contribution in [-0.2, 0) is 6.54 Å². The minimum Gasteiger partial charge on any atom is -0.508 e. The highest BCUT2D eigenvalue weighted by atomic mass is 35.5. The van der Waals surface area contributed by atoms with Crippen LogP contribution in [0.2, 0.25) is 5.02 Å². The number of phenolic OH excluding ortho intramolecular Hbond substituents is 1. The highest BCUT2D eigenvalue weighted by Crippen LogP contribution is 2.34. The number of methoxy groups -OCH3 is 1. The molecule has 150 valence electrons. The van der Waals surface area contributed by atoms with Gasteiger partial charge in [-0.05, 0) is 65.3 Å². The van der Waals surface area contributed by atoms with Crippen LogP contribution in [-0.4, -0.2) is 21.8 Å². The van der Waals surface area contributed by atoms with E-state index in [9.17, 15) is 10.0 Å². The summed E-state index contributed by atoms with van der Waals surface area (Å²) in [6.45, 7) is 0.385. The summed E-state index contributed by atoms with van der Waals surface area (Å²) in [5.74, 6) is 0.528. The second-order valence-electron chi connectivity index (χ2n) is 6.64. The van der Waals surface area contributed by atoms with Gasteiger partial charge in [0, 0.05) is 16.3 Å². The van der Waals surface area contributed by atoms with E-state index in [4.69, 9.17) is 16.3 Å². The quantitative estimate of drug-likeness (QED) is 0.387. The molecule has 0 saturated carbocycles. The molecule has 0 aliphatic heterocycles. The van der Waals surface area contributed by atoms with Gasteiger partial charge in [-0.1, -0.05) is 29.8 Å². The number of hydrogen-bond donors (Lipinski definition) is 1. The number of pyridine rings is 1. The predicted molar refractivity (Wildman–Crippen MR) is 117 cm³/mol. The lowest BCUT2D eigenvalue weighted by atomic mass is 10.1. The van der Waals surface area contributed by atoms with E-state index in [1.165, 1.54) is 7.11 Å². The average Bonchev–Trinajstić information content (AvgIpc) is 3.17. The summed E-state index contributed by atoms with van der Waals surface area (Å²) in [5.41, 5.74) is 4.28. The summed E-state index contributed by atoms with van der Waals surface area (Å²) in [4.78, 5) is 15.5. The molecule has 2 aromatic carbocycles. The predicted octanol–water partition coefficient (Wildman–Crippen LogP) is 6.03. The second-order valence-corrected chi connectivity index (χ2v) is 7.04. The Morgan fingerprint density at radius 1 is 1.00 bits per heavy atom. The summed E-state index contributed by atoms with van der Waals surface area (Å²) in [5, 5.41) is 13.3. The third-order valence-corrected chi connectivity index (χ3v) is 5.15. The third kappa shape index (κ3) is 3.77. The summed E-state index contributed by atoms with van der Waals surface area (Å²) in [7, 11) is 1.47. The first-order chi connectivity index (χ1) is 14.6. The fourth-order valence-corrected chi connectivity index (χ4v) is 3.61. The SMILES string of the molecule is COc1ccc(Cn2c(-c3ccc(O)cc3)ccc2-c2ccccc2Cl)nc1N=O. The van der Waals surface area contributed by atoms with Crippen molar-refractivity contribution in [2.75, 3.05) is 7.11 Å². The lowest BCUT2D eigenvalue weighted by Gasteiger charge is -2.15. The summed E-state index contributed by atoms with van der Waals surface area (Å²) >= 11 is 6.46. The monoisotopic (exact) mass is 419 g/mol. The number of phenols is 1. The van der Waals surface area contributed by atoms with Crippen LogP contribution in [0.3, 0.4) is 0 Å². The number of nitroso groups, excluding NO2 is 1. The Labute approximate surface area is 178 Å². The average molecular weight is 420 g/mol. The fraction of sp³-hybridized carbons (Fsp3) is 0.0870. The van der Waals surface area contributed by atoms with Crippen LogP contribution >= 0.6 is 11.6 Å². The van der Waals surface area contributed by atoms with E-state index in [2.05, 4.69) is 14.7 Å². The normalized spacial score (nSPS) is 10.7. The van der Waals surface area contributed by atoms with Gasteiger partial charge in [-0.25, -0.2) is 4.98 Å². The molecule has 4 aromatic rings. The first-order valence-corrected chi connectivity index (χ1v) is 9.59. The number of nitrogens with zero attached hydrogens (tertiary/aromatic N) is 3. The molecule has 0 unspecified atom stereocenters. The van der Waals surface area contributed by atoms with Crippen LogP contribution in [0.15, 0.2) is 78.0 Å².